The Morgan fingerprint density at radius 2 is 2.05 bits per heavy atom. The van der Waals surface area contributed by atoms with Gasteiger partial charge in [0.15, 0.2) is 0 Å². The number of aromatic nitrogens is 1. The zero-order valence-corrected chi connectivity index (χ0v) is 10.9. The summed E-state index contributed by atoms with van der Waals surface area (Å²) in [6.45, 7) is 4.00. The van der Waals surface area contributed by atoms with Crippen LogP contribution in [0.1, 0.15) is 27.3 Å². The summed E-state index contributed by atoms with van der Waals surface area (Å²) in [6.07, 6.45) is 0. The highest BCUT2D eigenvalue weighted by atomic mass is 16.5. The molecule has 0 aliphatic rings. The normalized spacial score (nSPS) is 10.2. The van der Waals surface area contributed by atoms with Gasteiger partial charge < -0.3 is 9.84 Å². The molecule has 1 aromatic carbocycles. The molecule has 2 aromatic rings. The maximum absolute atomic E-state index is 11.1. The molecular formula is C15H15NO3. The minimum atomic E-state index is -0.990. The monoisotopic (exact) mass is 257 g/mol. The van der Waals surface area contributed by atoms with Crippen molar-refractivity contribution in [2.24, 2.45) is 0 Å². The van der Waals surface area contributed by atoms with Crippen LogP contribution < -0.4 is 4.74 Å². The molecule has 0 spiro atoms. The van der Waals surface area contributed by atoms with Crippen molar-refractivity contribution in [2.75, 3.05) is 0 Å². The predicted octanol–water partition coefficient (Wildman–Crippen LogP) is 2.98. The van der Waals surface area contributed by atoms with Crippen molar-refractivity contribution in [2.45, 2.75) is 20.5 Å². The molecule has 0 unspecified atom stereocenters. The summed E-state index contributed by atoms with van der Waals surface area (Å²) in [4.78, 5) is 15.5. The number of rotatable bonds is 4. The quantitative estimate of drug-likeness (QED) is 0.914. The second-order valence-electron chi connectivity index (χ2n) is 4.36. The van der Waals surface area contributed by atoms with Gasteiger partial charge in [-0.25, -0.2) is 4.79 Å². The molecule has 0 atom stereocenters. The van der Waals surface area contributed by atoms with Crippen molar-refractivity contribution in [1.82, 2.24) is 4.98 Å². The molecule has 19 heavy (non-hydrogen) atoms. The summed E-state index contributed by atoms with van der Waals surface area (Å²) in [5.41, 5.74) is 2.74. The highest BCUT2D eigenvalue weighted by Crippen LogP contribution is 2.21. The fourth-order valence-electron chi connectivity index (χ4n) is 1.77. The number of pyridine rings is 1. The third-order valence-corrected chi connectivity index (χ3v) is 2.69. The third-order valence-electron chi connectivity index (χ3n) is 2.69. The highest BCUT2D eigenvalue weighted by Gasteiger charge is 2.11. The Morgan fingerprint density at radius 1 is 1.26 bits per heavy atom. The van der Waals surface area contributed by atoms with Gasteiger partial charge in [0.05, 0.1) is 5.69 Å². The average molecular weight is 257 g/mol. The molecule has 0 bridgehead atoms. The number of carbonyl (C=O) groups is 1. The van der Waals surface area contributed by atoms with E-state index in [1.54, 1.807) is 12.1 Å². The molecule has 1 N–H and O–H groups in total. The highest BCUT2D eigenvalue weighted by molar-refractivity contribution is 5.91. The van der Waals surface area contributed by atoms with E-state index < -0.39 is 5.97 Å². The van der Waals surface area contributed by atoms with E-state index in [-0.39, 0.29) is 12.2 Å². The Kier molecular flexibility index (Phi) is 3.80. The lowest BCUT2D eigenvalue weighted by atomic mass is 10.1. The first-order valence-electron chi connectivity index (χ1n) is 5.95. The van der Waals surface area contributed by atoms with Gasteiger partial charge in [0.25, 0.3) is 0 Å². The summed E-state index contributed by atoms with van der Waals surface area (Å²) in [7, 11) is 0. The molecule has 4 nitrogen and oxygen atoms in total. The first-order chi connectivity index (χ1) is 9.06. The Hall–Kier alpha value is -2.36. The van der Waals surface area contributed by atoms with E-state index in [9.17, 15) is 4.79 Å². The topological polar surface area (TPSA) is 59.4 Å². The van der Waals surface area contributed by atoms with Gasteiger partial charge in [-0.3, -0.25) is 4.98 Å². The Bertz CT molecular complexity index is 608. The van der Waals surface area contributed by atoms with Crippen LogP contribution >= 0.6 is 0 Å². The minimum Gasteiger partial charge on any atom is -0.486 e. The summed E-state index contributed by atoms with van der Waals surface area (Å²) in [6, 6.07) is 10.7. The van der Waals surface area contributed by atoms with E-state index in [2.05, 4.69) is 4.98 Å². The maximum Gasteiger partial charge on any atom is 0.339 e. The first-order valence-corrected chi connectivity index (χ1v) is 5.95. The molecular weight excluding hydrogens is 242 g/mol. The van der Waals surface area contributed by atoms with Crippen LogP contribution in [0.2, 0.25) is 0 Å². The zero-order chi connectivity index (χ0) is 13.8. The fourth-order valence-corrected chi connectivity index (χ4v) is 1.77. The Labute approximate surface area is 111 Å². The van der Waals surface area contributed by atoms with Gasteiger partial charge in [-0.15, -0.1) is 0 Å². The van der Waals surface area contributed by atoms with Crippen molar-refractivity contribution in [3.63, 3.8) is 0 Å². The van der Waals surface area contributed by atoms with Crippen LogP contribution in [0.3, 0.4) is 0 Å². The third kappa shape index (κ3) is 3.31. The van der Waals surface area contributed by atoms with Crippen LogP contribution in [-0.4, -0.2) is 16.1 Å². The van der Waals surface area contributed by atoms with Crippen molar-refractivity contribution >= 4 is 5.97 Å². The zero-order valence-electron chi connectivity index (χ0n) is 10.9. The van der Waals surface area contributed by atoms with E-state index >= 15 is 0 Å². The molecule has 2 rings (SSSR count). The van der Waals surface area contributed by atoms with Gasteiger partial charge >= 0.3 is 5.97 Å². The van der Waals surface area contributed by atoms with Gasteiger partial charge in [-0.2, -0.15) is 0 Å². The molecule has 1 heterocycles. The fraction of sp³-hybridized carbons (Fsp3) is 0.200. The molecule has 0 saturated carbocycles. The second kappa shape index (κ2) is 5.52. The summed E-state index contributed by atoms with van der Waals surface area (Å²) in [5, 5.41) is 9.14. The van der Waals surface area contributed by atoms with Crippen LogP contribution in [-0.2, 0) is 6.61 Å². The predicted molar refractivity (Wildman–Crippen MR) is 71.4 cm³/mol. The van der Waals surface area contributed by atoms with Crippen LogP contribution in [0, 0.1) is 13.8 Å². The average Bonchev–Trinajstić information content (AvgIpc) is 2.37. The van der Waals surface area contributed by atoms with Crippen molar-refractivity contribution in [3.8, 4) is 5.75 Å². The van der Waals surface area contributed by atoms with Gasteiger partial charge in [0.1, 0.15) is 17.9 Å². The number of carboxylic acid groups (broad SMARTS) is 1. The lowest BCUT2D eigenvalue weighted by molar-refractivity contribution is 0.0691. The van der Waals surface area contributed by atoms with Gasteiger partial charge in [-0.05, 0) is 38.1 Å². The molecule has 0 amide bonds. The SMILES string of the molecule is Cc1ccc(OCc2cccc(C)n2)c(C(=O)O)c1. The summed E-state index contributed by atoms with van der Waals surface area (Å²) in [5.74, 6) is -0.627. The minimum absolute atomic E-state index is 0.174. The van der Waals surface area contributed by atoms with Crippen LogP contribution in [0.15, 0.2) is 36.4 Å². The van der Waals surface area contributed by atoms with Crippen LogP contribution in [0.5, 0.6) is 5.75 Å². The van der Waals surface area contributed by atoms with Gasteiger partial charge in [-0.1, -0.05) is 17.7 Å². The first kappa shape index (κ1) is 13.1. The molecule has 0 aliphatic heterocycles. The Balaban J connectivity index is 2.17. The molecule has 98 valence electrons. The van der Waals surface area contributed by atoms with E-state index in [1.165, 1.54) is 0 Å². The lowest BCUT2D eigenvalue weighted by Crippen LogP contribution is -2.05. The molecule has 0 radical (unpaired) electrons. The second-order valence-corrected chi connectivity index (χ2v) is 4.36. The summed E-state index contributed by atoms with van der Waals surface area (Å²) < 4.78 is 5.55. The van der Waals surface area contributed by atoms with Gasteiger partial charge in [0, 0.05) is 5.69 Å². The number of hydrogen-bond acceptors (Lipinski definition) is 3. The Morgan fingerprint density at radius 3 is 2.74 bits per heavy atom. The number of aryl methyl sites for hydroxylation is 2. The molecule has 0 saturated heterocycles. The van der Waals surface area contributed by atoms with Crippen molar-refractivity contribution < 1.29 is 14.6 Å². The largest absolute Gasteiger partial charge is 0.486 e. The van der Waals surface area contributed by atoms with E-state index in [1.807, 2.05) is 38.1 Å². The lowest BCUT2D eigenvalue weighted by Gasteiger charge is -2.09. The van der Waals surface area contributed by atoms with Crippen LogP contribution in [0.4, 0.5) is 0 Å². The maximum atomic E-state index is 11.1. The van der Waals surface area contributed by atoms with E-state index in [0.717, 1.165) is 17.0 Å². The number of ether oxygens (including phenoxy) is 1. The molecule has 4 heteroatoms. The molecule has 1 aromatic heterocycles. The summed E-state index contributed by atoms with van der Waals surface area (Å²) >= 11 is 0. The number of carboxylic acids is 1. The van der Waals surface area contributed by atoms with Crippen molar-refractivity contribution in [1.29, 1.82) is 0 Å². The number of nitrogens with zero attached hydrogens (tertiary/aromatic N) is 1. The number of aromatic carboxylic acids is 1. The standard InChI is InChI=1S/C15H15NO3/c1-10-6-7-14(13(8-10)15(17)18)19-9-12-5-3-4-11(2)16-12/h3-8H,9H2,1-2H3,(H,17,18). The number of hydrogen-bond donors (Lipinski definition) is 1. The number of benzene rings is 1. The van der Waals surface area contributed by atoms with E-state index in [0.29, 0.717) is 5.75 Å². The van der Waals surface area contributed by atoms with Gasteiger partial charge in [0.2, 0.25) is 0 Å². The van der Waals surface area contributed by atoms with Crippen LogP contribution in [0.25, 0.3) is 0 Å². The van der Waals surface area contributed by atoms with E-state index in [4.69, 9.17) is 9.84 Å². The molecule has 0 aliphatic carbocycles. The molecule has 0 fully saturated rings. The van der Waals surface area contributed by atoms with Crippen molar-refractivity contribution in [3.05, 3.63) is 58.9 Å². The smallest absolute Gasteiger partial charge is 0.339 e.